The highest BCUT2D eigenvalue weighted by molar-refractivity contribution is 5.93. The van der Waals surface area contributed by atoms with Crippen LogP contribution < -0.4 is 10.1 Å². The summed E-state index contributed by atoms with van der Waals surface area (Å²) in [6, 6.07) is 4.04. The highest BCUT2D eigenvalue weighted by atomic mass is 16.5. The molecule has 0 saturated heterocycles. The average Bonchev–Trinajstić information content (AvgIpc) is 2.73. The fraction of sp³-hybridized carbons (Fsp3) is 0.667. The number of carbonyl (C=O) groups excluding carboxylic acids is 1. The average molecular weight is 444 g/mol. The van der Waals surface area contributed by atoms with Crippen molar-refractivity contribution >= 4 is 5.91 Å². The van der Waals surface area contributed by atoms with E-state index >= 15 is 0 Å². The van der Waals surface area contributed by atoms with E-state index in [4.69, 9.17) is 9.84 Å². The number of phenolic OH excluding ortho intramolecular Hbond substituents is 1. The number of aliphatic hydroxyl groups excluding tert-OH is 1. The summed E-state index contributed by atoms with van der Waals surface area (Å²) >= 11 is 0. The fourth-order valence-electron chi connectivity index (χ4n) is 5.39. The zero-order valence-electron chi connectivity index (χ0n) is 20.5. The van der Waals surface area contributed by atoms with Crippen LogP contribution in [0.3, 0.4) is 0 Å². The van der Waals surface area contributed by atoms with E-state index in [0.29, 0.717) is 6.42 Å². The van der Waals surface area contributed by atoms with Gasteiger partial charge in [0.25, 0.3) is 0 Å². The lowest BCUT2D eigenvalue weighted by atomic mass is 9.66. The molecule has 1 unspecified atom stereocenters. The molecule has 0 fully saturated rings. The van der Waals surface area contributed by atoms with Gasteiger partial charge in [-0.2, -0.15) is 0 Å². The smallest absolute Gasteiger partial charge is 0.246 e. The lowest BCUT2D eigenvalue weighted by Gasteiger charge is -2.47. The minimum atomic E-state index is -0.391. The number of hydrogen-bond donors (Lipinski definition) is 3. The van der Waals surface area contributed by atoms with Crippen LogP contribution in [-0.2, 0) is 10.2 Å². The Kier molecular flexibility index (Phi) is 7.59. The Morgan fingerprint density at radius 3 is 2.69 bits per heavy atom. The number of allylic oxidation sites excluding steroid dienone is 1. The summed E-state index contributed by atoms with van der Waals surface area (Å²) in [4.78, 5) is 12.5. The molecular weight excluding hydrogens is 402 g/mol. The summed E-state index contributed by atoms with van der Waals surface area (Å²) in [5.41, 5.74) is 2.22. The van der Waals surface area contributed by atoms with Gasteiger partial charge >= 0.3 is 0 Å². The number of amides is 1. The molecule has 3 N–H and O–H groups in total. The maximum Gasteiger partial charge on any atom is 0.246 e. The Morgan fingerprint density at radius 2 is 2.00 bits per heavy atom. The quantitative estimate of drug-likeness (QED) is 0.450. The van der Waals surface area contributed by atoms with E-state index < -0.39 is 5.60 Å². The molecule has 5 nitrogen and oxygen atoms in total. The molecule has 1 aliphatic heterocycles. The Labute approximate surface area is 193 Å². The van der Waals surface area contributed by atoms with Crippen molar-refractivity contribution in [1.29, 1.82) is 0 Å². The molecule has 1 amide bonds. The van der Waals surface area contributed by atoms with Crippen molar-refractivity contribution in [3.05, 3.63) is 34.9 Å². The molecule has 1 heterocycles. The molecular formula is C27H41NO4. The van der Waals surface area contributed by atoms with Crippen molar-refractivity contribution < 1.29 is 19.7 Å². The second kappa shape index (κ2) is 9.86. The third-order valence-electron chi connectivity index (χ3n) is 7.43. The van der Waals surface area contributed by atoms with E-state index in [1.807, 2.05) is 12.1 Å². The third-order valence-corrected chi connectivity index (χ3v) is 7.43. The second-order valence-electron chi connectivity index (χ2n) is 10.7. The highest BCUT2D eigenvalue weighted by Crippen LogP contribution is 2.55. The van der Waals surface area contributed by atoms with Crippen LogP contribution in [0.5, 0.6) is 11.5 Å². The number of rotatable bonds is 9. The van der Waals surface area contributed by atoms with E-state index in [1.54, 1.807) is 0 Å². The van der Waals surface area contributed by atoms with Crippen molar-refractivity contribution in [2.75, 3.05) is 13.2 Å². The molecule has 1 aromatic rings. The first kappa shape index (κ1) is 24.6. The van der Waals surface area contributed by atoms with Crippen molar-refractivity contribution in [2.24, 2.45) is 5.92 Å². The molecule has 1 aromatic carbocycles. The molecule has 3 rings (SSSR count). The van der Waals surface area contributed by atoms with Crippen molar-refractivity contribution in [3.63, 3.8) is 0 Å². The predicted molar refractivity (Wildman–Crippen MR) is 128 cm³/mol. The van der Waals surface area contributed by atoms with Gasteiger partial charge in [-0.1, -0.05) is 52.5 Å². The lowest BCUT2D eigenvalue weighted by Crippen LogP contribution is -2.46. The number of phenols is 1. The Hall–Kier alpha value is -2.01. The van der Waals surface area contributed by atoms with Gasteiger partial charge in [0, 0.05) is 29.5 Å². The van der Waals surface area contributed by atoms with Gasteiger partial charge in [-0.15, -0.1) is 0 Å². The van der Waals surface area contributed by atoms with Crippen molar-refractivity contribution in [2.45, 2.75) is 96.5 Å². The molecule has 5 heteroatoms. The van der Waals surface area contributed by atoms with E-state index in [2.05, 4.69) is 46.0 Å². The van der Waals surface area contributed by atoms with Gasteiger partial charge in [-0.25, -0.2) is 0 Å². The summed E-state index contributed by atoms with van der Waals surface area (Å²) in [6.07, 6.45) is 9.24. The van der Waals surface area contributed by atoms with Crippen LogP contribution in [-0.4, -0.2) is 34.9 Å². The highest BCUT2D eigenvalue weighted by Gasteiger charge is 2.47. The molecule has 0 spiro atoms. The van der Waals surface area contributed by atoms with E-state index in [-0.39, 0.29) is 42.1 Å². The van der Waals surface area contributed by atoms with E-state index in [9.17, 15) is 9.90 Å². The number of unbranched alkanes of at least 4 members (excludes halogenated alkanes) is 3. The first-order chi connectivity index (χ1) is 15.1. The number of fused-ring (bicyclic) bond motifs is 3. The van der Waals surface area contributed by atoms with Crippen LogP contribution in [0.25, 0.3) is 0 Å². The van der Waals surface area contributed by atoms with E-state index in [0.717, 1.165) is 35.3 Å². The van der Waals surface area contributed by atoms with Gasteiger partial charge < -0.3 is 20.3 Å². The molecule has 178 valence electrons. The topological polar surface area (TPSA) is 78.8 Å². The fourth-order valence-corrected chi connectivity index (χ4v) is 5.39. The molecule has 2 atom stereocenters. The Balaban J connectivity index is 1.90. The number of carbonyl (C=O) groups is 1. The first-order valence-electron chi connectivity index (χ1n) is 12.2. The minimum Gasteiger partial charge on any atom is -0.508 e. The molecule has 1 aliphatic carbocycles. The van der Waals surface area contributed by atoms with Crippen molar-refractivity contribution in [3.8, 4) is 11.5 Å². The number of ether oxygens (including phenoxy) is 1. The SMILES string of the molecule is CCCCCCC(C)(C)c1cc(O)c2c(c1)OC(C)(C)C1CC=C(C(=O)NCCO)C[C@@H]21. The number of benzene rings is 1. The minimum absolute atomic E-state index is 0.0235. The first-order valence-corrected chi connectivity index (χ1v) is 12.2. The molecule has 0 bridgehead atoms. The predicted octanol–water partition coefficient (Wildman–Crippen LogP) is 5.34. The lowest BCUT2D eigenvalue weighted by molar-refractivity contribution is -0.118. The largest absolute Gasteiger partial charge is 0.508 e. The zero-order valence-corrected chi connectivity index (χ0v) is 20.5. The number of nitrogens with one attached hydrogen (secondary N) is 1. The summed E-state index contributed by atoms with van der Waals surface area (Å²) in [6.45, 7) is 11.1. The molecule has 0 saturated carbocycles. The number of hydrogen-bond acceptors (Lipinski definition) is 4. The standard InChI is InChI=1S/C27H41NO4/c1-6-7-8-9-12-26(2,3)19-16-22(30)24-20-15-18(25(31)28-13-14-29)10-11-21(20)27(4,5)32-23(24)17-19/h10,16-17,20-21,29-30H,6-9,11-15H2,1-5H3,(H,28,31)/t20-,21?/m1/s1. The Bertz CT molecular complexity index is 855. The van der Waals surface area contributed by atoms with Crippen LogP contribution in [0, 0.1) is 5.92 Å². The van der Waals surface area contributed by atoms with Crippen molar-refractivity contribution in [1.82, 2.24) is 5.32 Å². The van der Waals surface area contributed by atoms with Gasteiger partial charge in [0.1, 0.15) is 17.1 Å². The number of aromatic hydroxyl groups is 1. The van der Waals surface area contributed by atoms with Crippen LogP contribution in [0.2, 0.25) is 0 Å². The van der Waals surface area contributed by atoms with Crippen LogP contribution in [0.4, 0.5) is 0 Å². The monoisotopic (exact) mass is 443 g/mol. The maximum absolute atomic E-state index is 12.5. The molecule has 0 aromatic heterocycles. The van der Waals surface area contributed by atoms with Crippen LogP contribution in [0.1, 0.15) is 96.6 Å². The summed E-state index contributed by atoms with van der Waals surface area (Å²) in [5, 5.41) is 22.9. The second-order valence-corrected chi connectivity index (χ2v) is 10.7. The van der Waals surface area contributed by atoms with Crippen LogP contribution in [0.15, 0.2) is 23.8 Å². The third kappa shape index (κ3) is 5.14. The summed E-state index contributed by atoms with van der Waals surface area (Å²) in [5.74, 6) is 1.11. The molecule has 32 heavy (non-hydrogen) atoms. The maximum atomic E-state index is 12.5. The van der Waals surface area contributed by atoms with E-state index in [1.165, 1.54) is 25.7 Å². The van der Waals surface area contributed by atoms with Gasteiger partial charge in [0.2, 0.25) is 5.91 Å². The van der Waals surface area contributed by atoms with Gasteiger partial charge in [0.15, 0.2) is 0 Å². The summed E-state index contributed by atoms with van der Waals surface area (Å²) in [7, 11) is 0. The molecule has 2 aliphatic rings. The number of aliphatic hydroxyl groups is 1. The van der Waals surface area contributed by atoms with Gasteiger partial charge in [-0.05, 0) is 56.2 Å². The van der Waals surface area contributed by atoms with Crippen LogP contribution >= 0.6 is 0 Å². The normalized spacial score (nSPS) is 21.8. The zero-order chi connectivity index (χ0) is 23.5. The van der Waals surface area contributed by atoms with Gasteiger partial charge in [-0.3, -0.25) is 4.79 Å². The molecule has 0 radical (unpaired) electrons. The van der Waals surface area contributed by atoms with Gasteiger partial charge in [0.05, 0.1) is 6.61 Å². The Morgan fingerprint density at radius 1 is 1.25 bits per heavy atom. The summed E-state index contributed by atoms with van der Waals surface area (Å²) < 4.78 is 6.49.